The van der Waals surface area contributed by atoms with Gasteiger partial charge in [-0.1, -0.05) is 12.1 Å². The van der Waals surface area contributed by atoms with Gasteiger partial charge in [0.2, 0.25) is 5.91 Å². The topological polar surface area (TPSA) is 70.2 Å². The molecule has 1 amide bonds. The molecule has 0 saturated carbocycles. The summed E-state index contributed by atoms with van der Waals surface area (Å²) >= 11 is 0. The molecule has 166 valence electrons. The number of anilines is 1. The summed E-state index contributed by atoms with van der Waals surface area (Å²) in [6, 6.07) is 7.72. The summed E-state index contributed by atoms with van der Waals surface area (Å²) in [6.07, 6.45) is 2.09. The van der Waals surface area contributed by atoms with Gasteiger partial charge in [-0.15, -0.1) is 0 Å². The van der Waals surface area contributed by atoms with Crippen molar-refractivity contribution < 1.29 is 9.59 Å². The van der Waals surface area contributed by atoms with Gasteiger partial charge in [-0.05, 0) is 85.9 Å². The second kappa shape index (κ2) is 7.45. The van der Waals surface area contributed by atoms with Crippen LogP contribution in [-0.4, -0.2) is 33.8 Å². The summed E-state index contributed by atoms with van der Waals surface area (Å²) in [5, 5.41) is 10.2. The van der Waals surface area contributed by atoms with Gasteiger partial charge in [-0.2, -0.15) is 0 Å². The number of Topliss-reactive ketones (excluding diaryl/α,β-unsaturated/α-hetero) is 1. The molecule has 30 heavy (non-hydrogen) atoms. The van der Waals surface area contributed by atoms with Crippen molar-refractivity contribution in [3.05, 3.63) is 29.8 Å². The lowest BCUT2D eigenvalue weighted by Crippen LogP contribution is -2.47. The molecule has 1 aromatic carbocycles. The maximum atomic E-state index is 13.0. The SMILES string of the molecule is CC1(C)CC(C(=O)Cc2ccc(NC(=O)C3CC(C)(C)NC3(C)C)cc2)C(C)(C)N1. The lowest BCUT2D eigenvalue weighted by molar-refractivity contribution is -0.123. The molecule has 5 heteroatoms. The lowest BCUT2D eigenvalue weighted by Gasteiger charge is -2.28. The van der Waals surface area contributed by atoms with Gasteiger partial charge in [0.05, 0.1) is 5.92 Å². The monoisotopic (exact) mass is 413 g/mol. The van der Waals surface area contributed by atoms with Gasteiger partial charge in [0.1, 0.15) is 5.78 Å². The molecule has 0 bridgehead atoms. The van der Waals surface area contributed by atoms with E-state index in [-0.39, 0.29) is 45.7 Å². The van der Waals surface area contributed by atoms with Crippen LogP contribution in [0.2, 0.25) is 0 Å². The number of carbonyl (C=O) groups excluding carboxylic acids is 2. The number of hydrogen-bond donors (Lipinski definition) is 3. The van der Waals surface area contributed by atoms with Crippen molar-refractivity contribution >= 4 is 17.4 Å². The predicted octanol–water partition coefficient (Wildman–Crippen LogP) is 4.07. The maximum absolute atomic E-state index is 13.0. The largest absolute Gasteiger partial charge is 0.326 e. The molecule has 2 aliphatic heterocycles. The summed E-state index contributed by atoms with van der Waals surface area (Å²) < 4.78 is 0. The van der Waals surface area contributed by atoms with Crippen molar-refractivity contribution in [2.45, 2.75) is 96.8 Å². The summed E-state index contributed by atoms with van der Waals surface area (Å²) in [7, 11) is 0. The minimum absolute atomic E-state index is 0.00679. The van der Waals surface area contributed by atoms with Gasteiger partial charge in [-0.25, -0.2) is 0 Å². The fourth-order valence-corrected chi connectivity index (χ4v) is 5.75. The van der Waals surface area contributed by atoms with E-state index in [2.05, 4.69) is 71.3 Å². The molecule has 2 saturated heterocycles. The zero-order valence-electron chi connectivity index (χ0n) is 19.9. The highest BCUT2D eigenvalue weighted by Gasteiger charge is 2.48. The predicted molar refractivity (Wildman–Crippen MR) is 123 cm³/mol. The van der Waals surface area contributed by atoms with Crippen LogP contribution in [0.15, 0.2) is 24.3 Å². The number of nitrogens with one attached hydrogen (secondary N) is 3. The fraction of sp³-hybridized carbons (Fsp3) is 0.680. The van der Waals surface area contributed by atoms with Crippen molar-refractivity contribution in [3.8, 4) is 0 Å². The third-order valence-corrected chi connectivity index (χ3v) is 6.80. The van der Waals surface area contributed by atoms with Crippen LogP contribution < -0.4 is 16.0 Å². The molecule has 2 aliphatic rings. The maximum Gasteiger partial charge on any atom is 0.229 e. The first-order valence-electron chi connectivity index (χ1n) is 11.1. The van der Waals surface area contributed by atoms with Crippen molar-refractivity contribution in [1.82, 2.24) is 10.6 Å². The standard InChI is InChI=1S/C25H39N3O2/c1-22(2)14-18(24(5,6)27-22)20(29)13-16-9-11-17(12-10-16)26-21(30)19-15-23(3,4)28-25(19,7)8/h9-12,18-19,27-28H,13-15H2,1-8H3,(H,26,30). The van der Waals surface area contributed by atoms with Crippen molar-refractivity contribution in [1.29, 1.82) is 0 Å². The highest BCUT2D eigenvalue weighted by atomic mass is 16.2. The zero-order chi connectivity index (χ0) is 22.5. The molecule has 5 nitrogen and oxygen atoms in total. The van der Waals surface area contributed by atoms with E-state index < -0.39 is 0 Å². The van der Waals surface area contributed by atoms with Crippen LogP contribution in [0.1, 0.15) is 73.8 Å². The summed E-state index contributed by atoms with van der Waals surface area (Å²) in [5.41, 5.74) is 1.27. The van der Waals surface area contributed by atoms with Crippen LogP contribution in [0, 0.1) is 11.8 Å². The first kappa shape index (κ1) is 23.0. The summed E-state index contributed by atoms with van der Waals surface area (Å²) in [5.74, 6) is 0.236. The smallest absolute Gasteiger partial charge is 0.229 e. The molecule has 2 fully saturated rings. The van der Waals surface area contributed by atoms with Crippen LogP contribution in [0.4, 0.5) is 5.69 Å². The Kier molecular flexibility index (Phi) is 5.70. The van der Waals surface area contributed by atoms with E-state index in [9.17, 15) is 9.59 Å². The molecule has 1 aromatic rings. The van der Waals surface area contributed by atoms with Crippen LogP contribution in [0.25, 0.3) is 0 Å². The minimum atomic E-state index is -0.240. The molecular weight excluding hydrogens is 374 g/mol. The number of ketones is 1. The van der Waals surface area contributed by atoms with E-state index in [0.717, 1.165) is 24.1 Å². The van der Waals surface area contributed by atoms with E-state index in [0.29, 0.717) is 6.42 Å². The number of rotatable bonds is 5. The molecule has 0 aromatic heterocycles. The second-order valence-electron chi connectivity index (χ2n) is 11.8. The number of amides is 1. The van der Waals surface area contributed by atoms with Gasteiger partial charge in [-0.3, -0.25) is 9.59 Å². The van der Waals surface area contributed by atoms with E-state index >= 15 is 0 Å². The summed E-state index contributed by atoms with van der Waals surface area (Å²) in [6.45, 7) is 17.0. The van der Waals surface area contributed by atoms with Crippen molar-refractivity contribution in [2.24, 2.45) is 11.8 Å². The Morgan fingerprint density at radius 3 is 1.73 bits per heavy atom. The Balaban J connectivity index is 1.62. The lowest BCUT2D eigenvalue weighted by atomic mass is 9.82. The van der Waals surface area contributed by atoms with Gasteiger partial charge in [0, 0.05) is 40.2 Å². The molecule has 2 atom stereocenters. The Labute approximate surface area is 181 Å². The van der Waals surface area contributed by atoms with Crippen LogP contribution in [0.3, 0.4) is 0 Å². The fourth-order valence-electron chi connectivity index (χ4n) is 5.75. The first-order valence-corrected chi connectivity index (χ1v) is 11.1. The highest BCUT2D eigenvalue weighted by molar-refractivity contribution is 5.94. The summed E-state index contributed by atoms with van der Waals surface area (Å²) in [4.78, 5) is 25.8. The average Bonchev–Trinajstić information content (AvgIpc) is 2.94. The van der Waals surface area contributed by atoms with Crippen LogP contribution in [-0.2, 0) is 16.0 Å². The Morgan fingerprint density at radius 2 is 1.30 bits per heavy atom. The van der Waals surface area contributed by atoms with Gasteiger partial charge in [0.25, 0.3) is 0 Å². The van der Waals surface area contributed by atoms with Crippen molar-refractivity contribution in [2.75, 3.05) is 5.32 Å². The number of benzene rings is 1. The Morgan fingerprint density at radius 1 is 0.833 bits per heavy atom. The van der Waals surface area contributed by atoms with Crippen LogP contribution >= 0.6 is 0 Å². The molecular formula is C25H39N3O2. The molecule has 0 spiro atoms. The molecule has 2 unspecified atom stereocenters. The van der Waals surface area contributed by atoms with Crippen LogP contribution in [0.5, 0.6) is 0 Å². The number of carbonyl (C=O) groups is 2. The van der Waals surface area contributed by atoms with Crippen molar-refractivity contribution in [3.63, 3.8) is 0 Å². The molecule has 3 N–H and O–H groups in total. The Hall–Kier alpha value is -1.72. The molecule has 2 heterocycles. The minimum Gasteiger partial charge on any atom is -0.326 e. The molecule has 0 aliphatic carbocycles. The van der Waals surface area contributed by atoms with E-state index in [4.69, 9.17) is 0 Å². The second-order valence-corrected chi connectivity index (χ2v) is 11.8. The normalized spacial score (nSPS) is 28.3. The van der Waals surface area contributed by atoms with E-state index in [1.807, 2.05) is 24.3 Å². The van der Waals surface area contributed by atoms with E-state index in [1.54, 1.807) is 0 Å². The molecule has 0 radical (unpaired) electrons. The van der Waals surface area contributed by atoms with Gasteiger partial charge >= 0.3 is 0 Å². The average molecular weight is 414 g/mol. The third-order valence-electron chi connectivity index (χ3n) is 6.80. The quantitative estimate of drug-likeness (QED) is 0.681. The first-order chi connectivity index (χ1) is 13.6. The Bertz CT molecular complexity index is 752. The van der Waals surface area contributed by atoms with Gasteiger partial charge < -0.3 is 16.0 Å². The highest BCUT2D eigenvalue weighted by Crippen LogP contribution is 2.38. The molecule has 3 rings (SSSR count). The van der Waals surface area contributed by atoms with Gasteiger partial charge in [0.15, 0.2) is 0 Å². The third kappa shape index (κ3) is 4.94. The zero-order valence-corrected chi connectivity index (χ0v) is 19.9. The number of hydrogen-bond acceptors (Lipinski definition) is 4. The van der Waals surface area contributed by atoms with E-state index in [1.165, 1.54) is 0 Å².